The van der Waals surface area contributed by atoms with Crippen molar-refractivity contribution in [2.75, 3.05) is 13.2 Å². The lowest BCUT2D eigenvalue weighted by Gasteiger charge is -2.18. The van der Waals surface area contributed by atoms with Crippen molar-refractivity contribution >= 4 is 7.60 Å². The van der Waals surface area contributed by atoms with Gasteiger partial charge in [0.2, 0.25) is 0 Å². The van der Waals surface area contributed by atoms with Gasteiger partial charge in [-0.05, 0) is 39.5 Å². The van der Waals surface area contributed by atoms with Crippen LogP contribution in [0.4, 0.5) is 0 Å². The van der Waals surface area contributed by atoms with Crippen LogP contribution in [0.3, 0.4) is 0 Å². The van der Waals surface area contributed by atoms with Crippen LogP contribution in [0.15, 0.2) is 23.5 Å². The average Bonchev–Trinajstić information content (AvgIpc) is 2.49. The van der Waals surface area contributed by atoms with Gasteiger partial charge in [0.05, 0.1) is 18.5 Å². The topological polar surface area (TPSA) is 35.5 Å². The monoisotopic (exact) mass is 330 g/mol. The molecule has 0 bridgehead atoms. The lowest BCUT2D eigenvalue weighted by Crippen LogP contribution is -1.98. The van der Waals surface area contributed by atoms with Gasteiger partial charge in [0.1, 0.15) is 0 Å². The predicted molar refractivity (Wildman–Crippen MR) is 96.4 cm³/mol. The largest absolute Gasteiger partial charge is 0.360 e. The third kappa shape index (κ3) is 9.61. The molecule has 130 valence electrons. The maximum Gasteiger partial charge on any atom is 0.360 e. The predicted octanol–water partition coefficient (Wildman–Crippen LogP) is 6.85. The molecular weight excluding hydrogens is 295 g/mol. The number of hydrogen-bond donors (Lipinski definition) is 0. The fraction of sp³-hybridized carbons (Fsp3) is 0.778. The summed E-state index contributed by atoms with van der Waals surface area (Å²) in [6.07, 6.45) is 15.1. The van der Waals surface area contributed by atoms with Gasteiger partial charge in [-0.15, -0.1) is 0 Å². The minimum Gasteiger partial charge on any atom is -0.306 e. The van der Waals surface area contributed by atoms with Crippen molar-refractivity contribution in [3.05, 3.63) is 23.5 Å². The fourth-order valence-corrected chi connectivity index (χ4v) is 3.85. The lowest BCUT2D eigenvalue weighted by molar-refractivity contribution is 0.227. The number of unbranched alkanes of at least 4 members (excludes halogenated alkanes) is 6. The van der Waals surface area contributed by atoms with Crippen molar-refractivity contribution in [2.45, 2.75) is 79.1 Å². The zero-order chi connectivity index (χ0) is 16.7. The summed E-state index contributed by atoms with van der Waals surface area (Å²) in [6.45, 7) is 8.88. The van der Waals surface area contributed by atoms with E-state index in [-0.39, 0.29) is 0 Å². The van der Waals surface area contributed by atoms with Crippen molar-refractivity contribution in [3.8, 4) is 0 Å². The van der Waals surface area contributed by atoms with Crippen molar-refractivity contribution in [1.29, 1.82) is 0 Å². The van der Waals surface area contributed by atoms with E-state index in [2.05, 4.69) is 19.9 Å². The minimum absolute atomic E-state index is 0.396. The molecular formula is C18H35O3P. The Morgan fingerprint density at radius 3 is 1.91 bits per heavy atom. The minimum atomic E-state index is -3.16. The molecule has 0 radical (unpaired) electrons. The zero-order valence-corrected chi connectivity index (χ0v) is 15.9. The molecule has 0 fully saturated rings. The van der Waals surface area contributed by atoms with Crippen LogP contribution in [-0.4, -0.2) is 13.2 Å². The molecule has 0 saturated heterocycles. The molecule has 0 spiro atoms. The van der Waals surface area contributed by atoms with E-state index in [1.807, 2.05) is 26.0 Å². The highest BCUT2D eigenvalue weighted by atomic mass is 31.2. The van der Waals surface area contributed by atoms with Crippen molar-refractivity contribution in [2.24, 2.45) is 0 Å². The Bertz CT molecular complexity index is 351. The molecule has 0 amide bonds. The van der Waals surface area contributed by atoms with Crippen molar-refractivity contribution < 1.29 is 13.6 Å². The van der Waals surface area contributed by atoms with Crippen LogP contribution in [-0.2, 0) is 13.6 Å². The van der Waals surface area contributed by atoms with E-state index < -0.39 is 7.60 Å². The second-order valence-electron chi connectivity index (χ2n) is 5.36. The fourth-order valence-electron chi connectivity index (χ4n) is 2.16. The number of hydrogen-bond acceptors (Lipinski definition) is 3. The van der Waals surface area contributed by atoms with Gasteiger partial charge in [-0.25, -0.2) is 0 Å². The third-order valence-electron chi connectivity index (χ3n) is 3.34. The molecule has 0 aromatic heterocycles. The molecule has 0 aromatic rings. The van der Waals surface area contributed by atoms with Gasteiger partial charge >= 0.3 is 7.60 Å². The Hall–Kier alpha value is -0.370. The standard InChI is InChI=1S/C18H35O3P/c1-5-9-11-13-15-17-18(16-14-12-10-6-2)22(19,20-7-3)21-8-4/h15-17H,5-14H2,1-4H3/b17-15+,18-16-. The molecule has 3 nitrogen and oxygen atoms in total. The molecule has 0 saturated carbocycles. The molecule has 0 unspecified atom stereocenters. The first kappa shape index (κ1) is 21.6. The van der Waals surface area contributed by atoms with Gasteiger partial charge in [0.15, 0.2) is 0 Å². The SMILES string of the molecule is CCCCC/C=C(/C=C/CCCCC)P(=O)(OCC)OCC. The Labute approximate surface area is 137 Å². The molecule has 0 aromatic carbocycles. The lowest BCUT2D eigenvalue weighted by atomic mass is 10.2. The van der Waals surface area contributed by atoms with Gasteiger partial charge < -0.3 is 9.05 Å². The molecule has 0 aliphatic rings. The molecule has 4 heteroatoms. The highest BCUT2D eigenvalue weighted by Gasteiger charge is 2.27. The normalized spacial score (nSPS) is 13.2. The van der Waals surface area contributed by atoms with Crippen LogP contribution in [0, 0.1) is 0 Å². The van der Waals surface area contributed by atoms with Crippen LogP contribution in [0.25, 0.3) is 0 Å². The van der Waals surface area contributed by atoms with E-state index in [0.29, 0.717) is 13.2 Å². The summed E-state index contributed by atoms with van der Waals surface area (Å²) in [5.41, 5.74) is 0. The van der Waals surface area contributed by atoms with E-state index in [4.69, 9.17) is 9.05 Å². The van der Waals surface area contributed by atoms with Gasteiger partial charge in [0.25, 0.3) is 0 Å². The summed E-state index contributed by atoms with van der Waals surface area (Å²) in [7, 11) is -3.16. The number of allylic oxidation sites excluding steroid dienone is 4. The second-order valence-corrected chi connectivity index (χ2v) is 7.38. The number of rotatable bonds is 14. The first-order valence-electron chi connectivity index (χ1n) is 8.90. The summed E-state index contributed by atoms with van der Waals surface area (Å²) in [4.78, 5) is 0. The van der Waals surface area contributed by atoms with Crippen LogP contribution in [0.5, 0.6) is 0 Å². The van der Waals surface area contributed by atoms with Crippen LogP contribution < -0.4 is 0 Å². The maximum atomic E-state index is 12.9. The van der Waals surface area contributed by atoms with Gasteiger partial charge in [-0.1, -0.05) is 57.8 Å². The highest BCUT2D eigenvalue weighted by molar-refractivity contribution is 7.58. The summed E-state index contributed by atoms with van der Waals surface area (Å²) >= 11 is 0. The van der Waals surface area contributed by atoms with E-state index in [1.165, 1.54) is 32.1 Å². The molecule has 0 N–H and O–H groups in total. The summed E-state index contributed by atoms with van der Waals surface area (Å²) in [5.74, 6) is 0. The molecule has 0 heterocycles. The first-order chi connectivity index (χ1) is 10.6. The van der Waals surface area contributed by atoms with Crippen LogP contribution in [0.1, 0.15) is 79.1 Å². The van der Waals surface area contributed by atoms with Gasteiger partial charge in [-0.2, -0.15) is 0 Å². The third-order valence-corrected chi connectivity index (χ3v) is 5.50. The smallest absolute Gasteiger partial charge is 0.306 e. The van der Waals surface area contributed by atoms with Crippen molar-refractivity contribution in [3.63, 3.8) is 0 Å². The Morgan fingerprint density at radius 2 is 1.41 bits per heavy atom. The quantitative estimate of drug-likeness (QED) is 0.198. The average molecular weight is 330 g/mol. The van der Waals surface area contributed by atoms with Gasteiger partial charge in [0, 0.05) is 0 Å². The Balaban J connectivity index is 4.91. The molecule has 22 heavy (non-hydrogen) atoms. The highest BCUT2D eigenvalue weighted by Crippen LogP contribution is 2.56. The molecule has 0 rings (SSSR count). The van der Waals surface area contributed by atoms with Gasteiger partial charge in [-0.3, -0.25) is 4.57 Å². The van der Waals surface area contributed by atoms with E-state index in [1.54, 1.807) is 0 Å². The molecule has 0 atom stereocenters. The van der Waals surface area contributed by atoms with E-state index >= 15 is 0 Å². The first-order valence-corrected chi connectivity index (χ1v) is 10.4. The molecule has 0 aliphatic carbocycles. The van der Waals surface area contributed by atoms with E-state index in [9.17, 15) is 4.57 Å². The van der Waals surface area contributed by atoms with Crippen molar-refractivity contribution in [1.82, 2.24) is 0 Å². The Morgan fingerprint density at radius 1 is 0.864 bits per heavy atom. The summed E-state index contributed by atoms with van der Waals surface area (Å²) < 4.78 is 23.9. The molecule has 0 aliphatic heterocycles. The van der Waals surface area contributed by atoms with Crippen LogP contribution in [0.2, 0.25) is 0 Å². The summed E-state index contributed by atoms with van der Waals surface area (Å²) in [6, 6.07) is 0. The Kier molecular flexibility index (Phi) is 14.0. The maximum absolute atomic E-state index is 12.9. The van der Waals surface area contributed by atoms with E-state index in [0.717, 1.165) is 24.6 Å². The zero-order valence-electron chi connectivity index (χ0n) is 15.0. The van der Waals surface area contributed by atoms with Crippen LogP contribution >= 0.6 is 7.60 Å². The summed E-state index contributed by atoms with van der Waals surface area (Å²) in [5, 5.41) is 0.726. The second kappa shape index (κ2) is 14.2.